The van der Waals surface area contributed by atoms with E-state index < -0.39 is 0 Å². The van der Waals surface area contributed by atoms with E-state index in [0.717, 1.165) is 33.8 Å². The van der Waals surface area contributed by atoms with Crippen molar-refractivity contribution in [2.45, 2.75) is 12.2 Å². The van der Waals surface area contributed by atoms with Crippen LogP contribution >= 0.6 is 23.1 Å². The van der Waals surface area contributed by atoms with E-state index in [1.807, 2.05) is 48.2 Å². The van der Waals surface area contributed by atoms with Crippen molar-refractivity contribution in [3.05, 3.63) is 57.5 Å². The van der Waals surface area contributed by atoms with E-state index in [9.17, 15) is 4.79 Å². The minimum absolute atomic E-state index is 0.00519. The summed E-state index contributed by atoms with van der Waals surface area (Å²) in [6, 6.07) is 11.6. The predicted molar refractivity (Wildman–Crippen MR) is 83.8 cm³/mol. The second-order valence-corrected chi connectivity index (χ2v) is 7.08. The maximum Gasteiger partial charge on any atom is 0.238 e. The SMILES string of the molecule is O=C(c1cc2ccccc2o1)c1cc2c(s1)CCSC2. The fourth-order valence-electron chi connectivity index (χ4n) is 2.47. The van der Waals surface area contributed by atoms with Crippen molar-refractivity contribution in [1.82, 2.24) is 0 Å². The van der Waals surface area contributed by atoms with E-state index in [4.69, 9.17) is 4.42 Å². The van der Waals surface area contributed by atoms with E-state index in [2.05, 4.69) is 0 Å². The summed E-state index contributed by atoms with van der Waals surface area (Å²) >= 11 is 3.56. The molecule has 2 aromatic heterocycles. The molecule has 0 saturated carbocycles. The molecule has 0 aliphatic carbocycles. The molecule has 4 rings (SSSR count). The zero-order valence-corrected chi connectivity index (χ0v) is 12.4. The monoisotopic (exact) mass is 300 g/mol. The average molecular weight is 300 g/mol. The highest BCUT2D eigenvalue weighted by Gasteiger charge is 2.20. The van der Waals surface area contributed by atoms with Crippen molar-refractivity contribution in [2.75, 3.05) is 5.75 Å². The van der Waals surface area contributed by atoms with Crippen LogP contribution in [0.1, 0.15) is 25.9 Å². The number of fused-ring (bicyclic) bond motifs is 2. The molecule has 3 aromatic rings. The molecule has 0 amide bonds. The van der Waals surface area contributed by atoms with E-state index in [0.29, 0.717) is 5.76 Å². The third kappa shape index (κ3) is 2.00. The predicted octanol–water partition coefficient (Wildman–Crippen LogP) is 4.51. The van der Waals surface area contributed by atoms with Gasteiger partial charge >= 0.3 is 0 Å². The number of furan rings is 1. The van der Waals surface area contributed by atoms with Gasteiger partial charge in [0.1, 0.15) is 5.58 Å². The number of thiophene rings is 1. The molecule has 1 aliphatic heterocycles. The number of hydrogen-bond acceptors (Lipinski definition) is 4. The lowest BCUT2D eigenvalue weighted by Crippen LogP contribution is -1.96. The Labute approximate surface area is 124 Å². The normalized spacial score (nSPS) is 14.4. The first kappa shape index (κ1) is 12.2. The van der Waals surface area contributed by atoms with E-state index in [1.54, 1.807) is 11.3 Å². The zero-order chi connectivity index (χ0) is 13.5. The Bertz CT molecular complexity index is 741. The lowest BCUT2D eigenvalue weighted by atomic mass is 10.2. The van der Waals surface area contributed by atoms with E-state index in [1.165, 1.54) is 10.4 Å². The maximum absolute atomic E-state index is 12.5. The lowest BCUT2D eigenvalue weighted by Gasteiger charge is -2.08. The molecule has 0 N–H and O–H groups in total. The molecular formula is C16H12O2S2. The number of carbonyl (C=O) groups excluding carboxylic acids is 1. The van der Waals surface area contributed by atoms with Crippen LogP contribution < -0.4 is 0 Å². The van der Waals surface area contributed by atoms with Gasteiger partial charge in [0.2, 0.25) is 5.78 Å². The van der Waals surface area contributed by atoms with Crippen molar-refractivity contribution in [3.63, 3.8) is 0 Å². The molecular weight excluding hydrogens is 288 g/mol. The number of ketones is 1. The van der Waals surface area contributed by atoms with Gasteiger partial charge in [-0.1, -0.05) is 18.2 Å². The fraction of sp³-hybridized carbons (Fsp3) is 0.188. The lowest BCUT2D eigenvalue weighted by molar-refractivity contribution is 0.101. The van der Waals surface area contributed by atoms with Crippen LogP contribution in [0.3, 0.4) is 0 Å². The van der Waals surface area contributed by atoms with Gasteiger partial charge in [-0.3, -0.25) is 4.79 Å². The van der Waals surface area contributed by atoms with Crippen LogP contribution in [0.2, 0.25) is 0 Å². The van der Waals surface area contributed by atoms with Gasteiger partial charge in [0.25, 0.3) is 0 Å². The van der Waals surface area contributed by atoms with Gasteiger partial charge in [0, 0.05) is 16.0 Å². The van der Waals surface area contributed by atoms with Gasteiger partial charge in [0.05, 0.1) is 4.88 Å². The molecule has 0 saturated heterocycles. The molecule has 0 bridgehead atoms. The summed E-state index contributed by atoms with van der Waals surface area (Å²) in [5, 5.41) is 0.979. The largest absolute Gasteiger partial charge is 0.453 e. The van der Waals surface area contributed by atoms with Crippen molar-refractivity contribution in [3.8, 4) is 0 Å². The van der Waals surface area contributed by atoms with Gasteiger partial charge in [-0.2, -0.15) is 11.8 Å². The van der Waals surface area contributed by atoms with Gasteiger partial charge in [-0.25, -0.2) is 0 Å². The van der Waals surface area contributed by atoms with Gasteiger partial charge in [-0.05, 0) is 35.9 Å². The molecule has 0 radical (unpaired) electrons. The quantitative estimate of drug-likeness (QED) is 0.652. The molecule has 0 fully saturated rings. The Hall–Kier alpha value is -1.52. The Morgan fingerprint density at radius 2 is 2.10 bits per heavy atom. The number of benzene rings is 1. The topological polar surface area (TPSA) is 30.2 Å². The van der Waals surface area contributed by atoms with Crippen LogP contribution in [0.4, 0.5) is 0 Å². The summed E-state index contributed by atoms with van der Waals surface area (Å²) in [7, 11) is 0. The number of para-hydroxylation sites is 1. The number of aryl methyl sites for hydroxylation is 1. The minimum Gasteiger partial charge on any atom is -0.453 e. The zero-order valence-electron chi connectivity index (χ0n) is 10.7. The molecule has 1 aliphatic rings. The average Bonchev–Trinajstić information content (AvgIpc) is 3.10. The standard InChI is InChI=1S/C16H12O2S2/c17-16(13-7-10-3-1-2-4-12(10)18-13)15-8-11-9-19-6-5-14(11)20-15/h1-4,7-8H,5-6,9H2. The Kier molecular flexibility index (Phi) is 2.93. The summed E-state index contributed by atoms with van der Waals surface area (Å²) < 4.78 is 5.67. The number of hydrogen-bond donors (Lipinski definition) is 0. The summed E-state index contributed by atoms with van der Waals surface area (Å²) in [5.74, 6) is 2.63. The van der Waals surface area contributed by atoms with Gasteiger partial charge in [-0.15, -0.1) is 11.3 Å². The van der Waals surface area contributed by atoms with Gasteiger partial charge < -0.3 is 4.42 Å². The Morgan fingerprint density at radius 1 is 1.20 bits per heavy atom. The molecule has 0 spiro atoms. The molecule has 100 valence electrons. The van der Waals surface area contributed by atoms with E-state index in [-0.39, 0.29) is 5.78 Å². The molecule has 0 unspecified atom stereocenters. The van der Waals surface area contributed by atoms with Crippen LogP contribution in [0, 0.1) is 0 Å². The van der Waals surface area contributed by atoms with E-state index >= 15 is 0 Å². The van der Waals surface area contributed by atoms with Crippen LogP contribution in [0.5, 0.6) is 0 Å². The summed E-state index contributed by atoms with van der Waals surface area (Å²) in [4.78, 5) is 14.7. The van der Waals surface area contributed by atoms with Crippen LogP contribution in [0.15, 0.2) is 40.8 Å². The minimum atomic E-state index is 0.00519. The fourth-order valence-corrected chi connectivity index (χ4v) is 4.79. The highest BCUT2D eigenvalue weighted by atomic mass is 32.2. The third-order valence-corrected chi connectivity index (χ3v) is 5.74. The molecule has 0 atom stereocenters. The van der Waals surface area contributed by atoms with Crippen molar-refractivity contribution in [1.29, 1.82) is 0 Å². The first-order valence-electron chi connectivity index (χ1n) is 6.54. The Balaban J connectivity index is 1.74. The molecule has 1 aromatic carbocycles. The first-order chi connectivity index (χ1) is 9.81. The highest BCUT2D eigenvalue weighted by Crippen LogP contribution is 2.33. The second-order valence-electron chi connectivity index (χ2n) is 4.84. The summed E-state index contributed by atoms with van der Waals surface area (Å²) in [5.41, 5.74) is 2.10. The molecule has 4 heteroatoms. The number of carbonyl (C=O) groups is 1. The van der Waals surface area contributed by atoms with Crippen molar-refractivity contribution >= 4 is 39.9 Å². The smallest absolute Gasteiger partial charge is 0.238 e. The summed E-state index contributed by atoms with van der Waals surface area (Å²) in [6.45, 7) is 0. The number of rotatable bonds is 2. The third-order valence-electron chi connectivity index (χ3n) is 3.50. The number of thioether (sulfide) groups is 1. The van der Waals surface area contributed by atoms with Gasteiger partial charge in [0.15, 0.2) is 5.76 Å². The second kappa shape index (κ2) is 4.79. The van der Waals surface area contributed by atoms with Crippen LogP contribution in [0.25, 0.3) is 11.0 Å². The maximum atomic E-state index is 12.5. The highest BCUT2D eigenvalue weighted by molar-refractivity contribution is 7.98. The first-order valence-corrected chi connectivity index (χ1v) is 8.51. The molecule has 2 nitrogen and oxygen atoms in total. The van der Waals surface area contributed by atoms with Crippen LogP contribution in [-0.2, 0) is 12.2 Å². The summed E-state index contributed by atoms with van der Waals surface area (Å²) in [6.07, 6.45) is 1.08. The molecule has 3 heterocycles. The van der Waals surface area contributed by atoms with Crippen LogP contribution in [-0.4, -0.2) is 11.5 Å². The molecule has 20 heavy (non-hydrogen) atoms. The Morgan fingerprint density at radius 3 is 2.95 bits per heavy atom. The van der Waals surface area contributed by atoms with Crippen molar-refractivity contribution in [2.24, 2.45) is 0 Å². The van der Waals surface area contributed by atoms with Crippen molar-refractivity contribution < 1.29 is 9.21 Å².